The van der Waals surface area contributed by atoms with Gasteiger partial charge in [0.25, 0.3) is 0 Å². The smallest absolute Gasteiger partial charge is 0.0793 e. The minimum absolute atomic E-state index is 0.438. The van der Waals surface area contributed by atoms with Gasteiger partial charge in [0.2, 0.25) is 0 Å². The van der Waals surface area contributed by atoms with Gasteiger partial charge in [-0.05, 0) is 25.5 Å². The standard InChI is InChI=1S/C13H25N3/c1-4-6-7-8-12(14-10-5-2)13-9-11-16(3)15-13/h9,11-12,14H,4-8,10H2,1-3H3. The topological polar surface area (TPSA) is 29.9 Å². The molecule has 3 nitrogen and oxygen atoms in total. The summed E-state index contributed by atoms with van der Waals surface area (Å²) in [5, 5.41) is 8.08. The molecule has 3 heteroatoms. The minimum Gasteiger partial charge on any atom is -0.309 e. The van der Waals surface area contributed by atoms with Gasteiger partial charge in [-0.25, -0.2) is 0 Å². The number of unbranched alkanes of at least 4 members (excludes halogenated alkanes) is 2. The third kappa shape index (κ3) is 4.35. The van der Waals surface area contributed by atoms with Crippen LogP contribution in [0.15, 0.2) is 12.3 Å². The van der Waals surface area contributed by atoms with Crippen LogP contribution in [0.1, 0.15) is 57.7 Å². The summed E-state index contributed by atoms with van der Waals surface area (Å²) in [6.45, 7) is 5.52. The van der Waals surface area contributed by atoms with Crippen molar-refractivity contribution in [1.29, 1.82) is 0 Å². The van der Waals surface area contributed by atoms with E-state index in [1.54, 1.807) is 0 Å². The van der Waals surface area contributed by atoms with Gasteiger partial charge in [-0.2, -0.15) is 5.10 Å². The van der Waals surface area contributed by atoms with Gasteiger partial charge in [-0.1, -0.05) is 33.1 Å². The molecule has 16 heavy (non-hydrogen) atoms. The molecule has 0 fully saturated rings. The second-order valence-corrected chi connectivity index (χ2v) is 4.42. The SMILES string of the molecule is CCCCCC(NCCC)c1ccn(C)n1. The van der Waals surface area contributed by atoms with E-state index in [4.69, 9.17) is 0 Å². The summed E-state index contributed by atoms with van der Waals surface area (Å²) >= 11 is 0. The molecule has 1 aromatic rings. The lowest BCUT2D eigenvalue weighted by Crippen LogP contribution is -2.22. The molecule has 0 aliphatic rings. The van der Waals surface area contributed by atoms with Crippen LogP contribution in [0, 0.1) is 0 Å². The summed E-state index contributed by atoms with van der Waals surface area (Å²) in [5.74, 6) is 0. The molecule has 0 spiro atoms. The lowest BCUT2D eigenvalue weighted by Gasteiger charge is -2.16. The molecule has 1 rings (SSSR count). The van der Waals surface area contributed by atoms with E-state index in [9.17, 15) is 0 Å². The fraction of sp³-hybridized carbons (Fsp3) is 0.769. The zero-order valence-corrected chi connectivity index (χ0v) is 10.9. The second kappa shape index (κ2) is 7.44. The van der Waals surface area contributed by atoms with Crippen molar-refractivity contribution in [3.05, 3.63) is 18.0 Å². The average molecular weight is 223 g/mol. The molecule has 0 aliphatic carbocycles. The largest absolute Gasteiger partial charge is 0.309 e. The Morgan fingerprint density at radius 3 is 2.69 bits per heavy atom. The first-order chi connectivity index (χ1) is 7.77. The van der Waals surface area contributed by atoms with Crippen molar-refractivity contribution in [2.24, 2.45) is 7.05 Å². The fourth-order valence-electron chi connectivity index (χ4n) is 1.89. The molecule has 1 unspecified atom stereocenters. The van der Waals surface area contributed by atoms with E-state index in [1.165, 1.54) is 37.8 Å². The van der Waals surface area contributed by atoms with Gasteiger partial charge in [0.1, 0.15) is 0 Å². The highest BCUT2D eigenvalue weighted by Gasteiger charge is 2.12. The maximum absolute atomic E-state index is 4.50. The number of aryl methyl sites for hydroxylation is 1. The number of aromatic nitrogens is 2. The summed E-state index contributed by atoms with van der Waals surface area (Å²) in [6, 6.07) is 2.56. The molecule has 0 bridgehead atoms. The minimum atomic E-state index is 0.438. The van der Waals surface area contributed by atoms with Crippen molar-refractivity contribution in [2.45, 2.75) is 52.0 Å². The number of nitrogens with one attached hydrogen (secondary N) is 1. The number of hydrogen-bond acceptors (Lipinski definition) is 2. The van der Waals surface area contributed by atoms with Crippen LogP contribution < -0.4 is 5.32 Å². The maximum atomic E-state index is 4.50. The van der Waals surface area contributed by atoms with Gasteiger partial charge in [-0.3, -0.25) is 4.68 Å². The highest BCUT2D eigenvalue weighted by atomic mass is 15.3. The van der Waals surface area contributed by atoms with E-state index < -0.39 is 0 Å². The number of hydrogen-bond donors (Lipinski definition) is 1. The predicted octanol–water partition coefficient (Wildman–Crippen LogP) is 3.04. The Kier molecular flexibility index (Phi) is 6.16. The van der Waals surface area contributed by atoms with Crippen molar-refractivity contribution in [3.63, 3.8) is 0 Å². The van der Waals surface area contributed by atoms with Crippen molar-refractivity contribution >= 4 is 0 Å². The van der Waals surface area contributed by atoms with E-state index in [-0.39, 0.29) is 0 Å². The van der Waals surface area contributed by atoms with Gasteiger partial charge in [0, 0.05) is 13.2 Å². The average Bonchev–Trinajstić information content (AvgIpc) is 2.70. The first-order valence-electron chi connectivity index (χ1n) is 6.50. The summed E-state index contributed by atoms with van der Waals surface area (Å²) in [5.41, 5.74) is 1.19. The molecule has 0 radical (unpaired) electrons. The Morgan fingerprint density at radius 1 is 1.31 bits per heavy atom. The maximum Gasteiger partial charge on any atom is 0.0793 e. The summed E-state index contributed by atoms with van der Waals surface area (Å²) in [7, 11) is 1.98. The zero-order chi connectivity index (χ0) is 11.8. The van der Waals surface area contributed by atoms with Crippen LogP contribution in [0.25, 0.3) is 0 Å². The first-order valence-corrected chi connectivity index (χ1v) is 6.50. The van der Waals surface area contributed by atoms with Gasteiger partial charge in [-0.15, -0.1) is 0 Å². The Morgan fingerprint density at radius 2 is 2.12 bits per heavy atom. The molecule has 0 aromatic carbocycles. The van der Waals surface area contributed by atoms with Crippen LogP contribution in [0.2, 0.25) is 0 Å². The molecule has 1 atom stereocenters. The molecule has 1 aromatic heterocycles. The molecule has 0 saturated carbocycles. The van der Waals surface area contributed by atoms with E-state index in [0.29, 0.717) is 6.04 Å². The number of rotatable bonds is 8. The van der Waals surface area contributed by atoms with E-state index >= 15 is 0 Å². The van der Waals surface area contributed by atoms with Crippen LogP contribution in [0.4, 0.5) is 0 Å². The monoisotopic (exact) mass is 223 g/mol. The molecular formula is C13H25N3. The Hall–Kier alpha value is -0.830. The molecular weight excluding hydrogens is 198 g/mol. The second-order valence-electron chi connectivity index (χ2n) is 4.42. The third-order valence-corrected chi connectivity index (χ3v) is 2.83. The van der Waals surface area contributed by atoms with Crippen LogP contribution in [-0.2, 0) is 7.05 Å². The zero-order valence-electron chi connectivity index (χ0n) is 10.9. The van der Waals surface area contributed by atoms with Crippen LogP contribution in [-0.4, -0.2) is 16.3 Å². The molecule has 0 saturated heterocycles. The molecule has 92 valence electrons. The highest BCUT2D eigenvalue weighted by Crippen LogP contribution is 2.17. The van der Waals surface area contributed by atoms with E-state index in [2.05, 4.69) is 30.3 Å². The van der Waals surface area contributed by atoms with Crippen molar-refractivity contribution in [1.82, 2.24) is 15.1 Å². The Balaban J connectivity index is 2.49. The fourth-order valence-corrected chi connectivity index (χ4v) is 1.89. The summed E-state index contributed by atoms with van der Waals surface area (Å²) in [6.07, 6.45) is 8.28. The van der Waals surface area contributed by atoms with Crippen LogP contribution in [0.5, 0.6) is 0 Å². The Bertz CT molecular complexity index is 280. The van der Waals surface area contributed by atoms with Gasteiger partial charge in [0.15, 0.2) is 0 Å². The van der Waals surface area contributed by atoms with Crippen molar-refractivity contribution in [3.8, 4) is 0 Å². The van der Waals surface area contributed by atoms with E-state index in [1.807, 2.05) is 17.9 Å². The van der Waals surface area contributed by atoms with Crippen molar-refractivity contribution < 1.29 is 0 Å². The molecule has 1 heterocycles. The van der Waals surface area contributed by atoms with Gasteiger partial charge < -0.3 is 5.32 Å². The highest BCUT2D eigenvalue weighted by molar-refractivity contribution is 5.05. The quantitative estimate of drug-likeness (QED) is 0.686. The summed E-state index contributed by atoms with van der Waals surface area (Å²) in [4.78, 5) is 0. The van der Waals surface area contributed by atoms with Crippen LogP contribution >= 0.6 is 0 Å². The lowest BCUT2D eigenvalue weighted by molar-refractivity contribution is 0.461. The third-order valence-electron chi connectivity index (χ3n) is 2.83. The lowest BCUT2D eigenvalue weighted by atomic mass is 10.1. The first kappa shape index (κ1) is 13.2. The van der Waals surface area contributed by atoms with Gasteiger partial charge in [0.05, 0.1) is 11.7 Å². The molecule has 0 aliphatic heterocycles. The normalized spacial score (nSPS) is 12.9. The number of nitrogens with zero attached hydrogens (tertiary/aromatic N) is 2. The molecule has 0 amide bonds. The molecule has 1 N–H and O–H groups in total. The Labute approximate surface area is 99.2 Å². The van der Waals surface area contributed by atoms with Crippen LogP contribution in [0.3, 0.4) is 0 Å². The van der Waals surface area contributed by atoms with E-state index in [0.717, 1.165) is 6.54 Å². The predicted molar refractivity (Wildman–Crippen MR) is 68.4 cm³/mol. The van der Waals surface area contributed by atoms with Crippen molar-refractivity contribution in [2.75, 3.05) is 6.54 Å². The van der Waals surface area contributed by atoms with Gasteiger partial charge >= 0.3 is 0 Å². The summed E-state index contributed by atoms with van der Waals surface area (Å²) < 4.78 is 1.88.